The SMILES string of the molecule is CC(C)(C)n1c(C2CCCCC2C(F)(F)F)n[nH]c1=S. The molecule has 1 fully saturated rings. The lowest BCUT2D eigenvalue weighted by atomic mass is 9.78. The molecule has 0 aromatic carbocycles. The summed E-state index contributed by atoms with van der Waals surface area (Å²) in [6.07, 6.45) is -2.05. The van der Waals surface area contributed by atoms with Crippen LogP contribution in [0.1, 0.15) is 58.2 Å². The van der Waals surface area contributed by atoms with Gasteiger partial charge in [0.15, 0.2) is 4.77 Å². The molecule has 2 rings (SSSR count). The zero-order chi connectivity index (χ0) is 15.1. The van der Waals surface area contributed by atoms with Gasteiger partial charge in [0.25, 0.3) is 0 Å². The molecule has 7 heteroatoms. The molecule has 0 radical (unpaired) electrons. The molecule has 0 saturated heterocycles. The molecule has 0 aliphatic heterocycles. The van der Waals surface area contributed by atoms with Gasteiger partial charge in [0.2, 0.25) is 0 Å². The molecular formula is C13H20F3N3S. The minimum atomic E-state index is -4.18. The molecule has 1 aliphatic carbocycles. The van der Waals surface area contributed by atoms with Gasteiger partial charge in [0, 0.05) is 11.5 Å². The van der Waals surface area contributed by atoms with Gasteiger partial charge in [-0.25, -0.2) is 0 Å². The summed E-state index contributed by atoms with van der Waals surface area (Å²) in [5.74, 6) is -1.47. The molecule has 0 spiro atoms. The molecule has 114 valence electrons. The number of aromatic amines is 1. The van der Waals surface area contributed by atoms with E-state index in [0.29, 0.717) is 23.4 Å². The van der Waals surface area contributed by atoms with E-state index in [1.807, 2.05) is 20.8 Å². The molecule has 1 saturated carbocycles. The summed E-state index contributed by atoms with van der Waals surface area (Å²) in [4.78, 5) is 0. The van der Waals surface area contributed by atoms with Gasteiger partial charge in [0.1, 0.15) is 5.82 Å². The Hall–Kier alpha value is -0.850. The fraction of sp³-hybridized carbons (Fsp3) is 0.846. The van der Waals surface area contributed by atoms with E-state index in [-0.39, 0.29) is 12.0 Å². The van der Waals surface area contributed by atoms with E-state index in [1.165, 1.54) is 0 Å². The third-order valence-corrected chi connectivity index (χ3v) is 4.16. The molecular weight excluding hydrogens is 287 g/mol. The first kappa shape index (κ1) is 15.5. The molecule has 3 nitrogen and oxygen atoms in total. The van der Waals surface area contributed by atoms with Crippen LogP contribution in [0.3, 0.4) is 0 Å². The third-order valence-electron chi connectivity index (χ3n) is 3.89. The van der Waals surface area contributed by atoms with E-state index < -0.39 is 18.0 Å². The average Bonchev–Trinajstić information content (AvgIpc) is 2.69. The second-order valence-corrected chi connectivity index (χ2v) is 6.82. The number of H-pyrrole nitrogens is 1. The molecule has 1 heterocycles. The Morgan fingerprint density at radius 1 is 1.20 bits per heavy atom. The van der Waals surface area contributed by atoms with Crippen LogP contribution in [0.4, 0.5) is 13.2 Å². The molecule has 1 aromatic heterocycles. The van der Waals surface area contributed by atoms with Gasteiger partial charge in [-0.1, -0.05) is 12.8 Å². The highest BCUT2D eigenvalue weighted by atomic mass is 32.1. The van der Waals surface area contributed by atoms with Gasteiger partial charge < -0.3 is 0 Å². The molecule has 1 aromatic rings. The first-order chi connectivity index (χ1) is 9.12. The van der Waals surface area contributed by atoms with Crippen LogP contribution in [0.2, 0.25) is 0 Å². The predicted octanol–water partition coefficient (Wildman–Crippen LogP) is 4.53. The van der Waals surface area contributed by atoms with Crippen molar-refractivity contribution in [3.8, 4) is 0 Å². The molecule has 2 atom stereocenters. The van der Waals surface area contributed by atoms with Crippen molar-refractivity contribution in [1.29, 1.82) is 0 Å². The summed E-state index contributed by atoms with van der Waals surface area (Å²) in [5.41, 5.74) is -0.382. The number of rotatable bonds is 1. The van der Waals surface area contributed by atoms with Crippen LogP contribution in [-0.2, 0) is 5.54 Å². The standard InChI is InChI=1S/C13H20F3N3S/c1-12(2,3)19-10(17-18-11(19)20)8-6-4-5-7-9(8)13(14,15)16/h8-9H,4-7H2,1-3H3,(H,18,20). The minimum Gasteiger partial charge on any atom is -0.299 e. The van der Waals surface area contributed by atoms with E-state index in [2.05, 4.69) is 10.2 Å². The van der Waals surface area contributed by atoms with E-state index in [0.717, 1.165) is 6.42 Å². The Labute approximate surface area is 121 Å². The van der Waals surface area contributed by atoms with Gasteiger partial charge in [-0.05, 0) is 45.8 Å². The quantitative estimate of drug-likeness (QED) is 0.773. The number of hydrogen-bond acceptors (Lipinski definition) is 2. The first-order valence-corrected chi connectivity index (χ1v) is 7.27. The Bertz CT molecular complexity index is 524. The van der Waals surface area contributed by atoms with Crippen LogP contribution in [0.15, 0.2) is 0 Å². The molecule has 0 amide bonds. The van der Waals surface area contributed by atoms with Crippen molar-refractivity contribution in [3.05, 3.63) is 10.6 Å². The Morgan fingerprint density at radius 2 is 1.80 bits per heavy atom. The van der Waals surface area contributed by atoms with Crippen LogP contribution in [0.5, 0.6) is 0 Å². The topological polar surface area (TPSA) is 33.6 Å². The van der Waals surface area contributed by atoms with Crippen molar-refractivity contribution in [3.63, 3.8) is 0 Å². The summed E-state index contributed by atoms with van der Waals surface area (Å²) in [6, 6.07) is 0. The number of aromatic nitrogens is 3. The van der Waals surface area contributed by atoms with Crippen molar-refractivity contribution < 1.29 is 13.2 Å². The highest BCUT2D eigenvalue weighted by Crippen LogP contribution is 2.46. The summed E-state index contributed by atoms with van der Waals surface area (Å²) in [5, 5.41) is 6.78. The van der Waals surface area contributed by atoms with Crippen LogP contribution in [0, 0.1) is 10.7 Å². The number of nitrogens with one attached hydrogen (secondary N) is 1. The Kier molecular flexibility index (Phi) is 4.01. The van der Waals surface area contributed by atoms with Gasteiger partial charge in [-0.15, -0.1) is 0 Å². The Balaban J connectivity index is 2.47. The molecule has 0 bridgehead atoms. The number of nitrogens with zero attached hydrogens (tertiary/aromatic N) is 2. The Morgan fingerprint density at radius 3 is 2.35 bits per heavy atom. The summed E-state index contributed by atoms with van der Waals surface area (Å²) < 4.78 is 41.8. The number of halogens is 3. The fourth-order valence-corrected chi connectivity index (χ4v) is 3.45. The smallest absolute Gasteiger partial charge is 0.299 e. The second-order valence-electron chi connectivity index (χ2n) is 6.43. The second kappa shape index (κ2) is 5.16. The van der Waals surface area contributed by atoms with Gasteiger partial charge in [0.05, 0.1) is 5.92 Å². The van der Waals surface area contributed by atoms with Crippen molar-refractivity contribution in [1.82, 2.24) is 14.8 Å². The molecule has 1 aliphatic rings. The zero-order valence-electron chi connectivity index (χ0n) is 11.9. The van der Waals surface area contributed by atoms with Gasteiger partial charge in [-0.2, -0.15) is 18.3 Å². The van der Waals surface area contributed by atoms with Gasteiger partial charge >= 0.3 is 6.18 Å². The minimum absolute atomic E-state index is 0.179. The average molecular weight is 307 g/mol. The molecule has 1 N–H and O–H groups in total. The zero-order valence-corrected chi connectivity index (χ0v) is 12.7. The highest BCUT2D eigenvalue weighted by molar-refractivity contribution is 7.71. The summed E-state index contributed by atoms with van der Waals surface area (Å²) in [7, 11) is 0. The first-order valence-electron chi connectivity index (χ1n) is 6.87. The number of hydrogen-bond donors (Lipinski definition) is 1. The maximum Gasteiger partial charge on any atom is 0.392 e. The number of alkyl halides is 3. The fourth-order valence-electron chi connectivity index (χ4n) is 3.04. The lowest BCUT2D eigenvalue weighted by molar-refractivity contribution is -0.188. The van der Waals surface area contributed by atoms with E-state index in [1.54, 1.807) is 4.57 Å². The summed E-state index contributed by atoms with van der Waals surface area (Å²) >= 11 is 5.19. The van der Waals surface area contributed by atoms with Gasteiger partial charge in [-0.3, -0.25) is 9.67 Å². The van der Waals surface area contributed by atoms with Crippen molar-refractivity contribution in [2.24, 2.45) is 5.92 Å². The van der Waals surface area contributed by atoms with Crippen LogP contribution in [0.25, 0.3) is 0 Å². The maximum absolute atomic E-state index is 13.2. The largest absolute Gasteiger partial charge is 0.392 e. The monoisotopic (exact) mass is 307 g/mol. The van der Waals surface area contributed by atoms with Crippen molar-refractivity contribution in [2.45, 2.75) is 64.1 Å². The van der Waals surface area contributed by atoms with E-state index in [4.69, 9.17) is 12.2 Å². The van der Waals surface area contributed by atoms with Crippen LogP contribution in [-0.4, -0.2) is 20.9 Å². The maximum atomic E-state index is 13.2. The molecule has 20 heavy (non-hydrogen) atoms. The molecule has 2 unspecified atom stereocenters. The van der Waals surface area contributed by atoms with Crippen LogP contribution < -0.4 is 0 Å². The van der Waals surface area contributed by atoms with E-state index in [9.17, 15) is 13.2 Å². The van der Waals surface area contributed by atoms with E-state index >= 15 is 0 Å². The lowest BCUT2D eigenvalue weighted by Gasteiger charge is -2.34. The summed E-state index contributed by atoms with van der Waals surface area (Å²) in [6.45, 7) is 5.77. The normalized spacial score (nSPS) is 24.9. The highest BCUT2D eigenvalue weighted by Gasteiger charge is 2.47. The van der Waals surface area contributed by atoms with Crippen molar-refractivity contribution in [2.75, 3.05) is 0 Å². The predicted molar refractivity (Wildman–Crippen MR) is 73.2 cm³/mol. The lowest BCUT2D eigenvalue weighted by Crippen LogP contribution is -2.35. The van der Waals surface area contributed by atoms with Crippen LogP contribution >= 0.6 is 12.2 Å². The van der Waals surface area contributed by atoms with Crippen molar-refractivity contribution >= 4 is 12.2 Å². The third kappa shape index (κ3) is 2.92.